The Morgan fingerprint density at radius 3 is 2.71 bits per heavy atom. The fourth-order valence-electron chi connectivity index (χ4n) is 2.33. The fraction of sp³-hybridized carbons (Fsp3) is 0.158. The molecule has 2 aromatic rings. The molecule has 2 aromatic carbocycles. The van der Waals surface area contributed by atoms with Gasteiger partial charge in [0.15, 0.2) is 0 Å². The number of carbonyl (C=O) groups excluding carboxylic acids is 2. The van der Waals surface area contributed by atoms with Crippen LogP contribution in [0.3, 0.4) is 0 Å². The van der Waals surface area contributed by atoms with E-state index in [4.69, 9.17) is 4.74 Å². The monoisotopic (exact) mass is 339 g/mol. The van der Waals surface area contributed by atoms with Crippen molar-refractivity contribution in [3.63, 3.8) is 0 Å². The second kappa shape index (κ2) is 7.84. The number of thioether (sulfide) groups is 1. The van der Waals surface area contributed by atoms with Crippen molar-refractivity contribution in [3.8, 4) is 0 Å². The molecule has 24 heavy (non-hydrogen) atoms. The van der Waals surface area contributed by atoms with Crippen molar-refractivity contribution in [2.45, 2.75) is 16.6 Å². The van der Waals surface area contributed by atoms with E-state index in [1.54, 1.807) is 6.08 Å². The minimum absolute atomic E-state index is 0.0595. The Kier molecular flexibility index (Phi) is 5.33. The first-order valence-electron chi connectivity index (χ1n) is 7.66. The molecule has 1 aliphatic heterocycles. The lowest BCUT2D eigenvalue weighted by molar-refractivity contribution is -0.143. The predicted octanol–water partition coefficient (Wildman–Crippen LogP) is 3.75. The predicted molar refractivity (Wildman–Crippen MR) is 95.8 cm³/mol. The van der Waals surface area contributed by atoms with Crippen LogP contribution in [0.2, 0.25) is 0 Å². The number of hydrogen-bond donors (Lipinski definition) is 1. The highest BCUT2D eigenvalue weighted by atomic mass is 32.2. The summed E-state index contributed by atoms with van der Waals surface area (Å²) in [4.78, 5) is 25.0. The Morgan fingerprint density at radius 2 is 1.88 bits per heavy atom. The van der Waals surface area contributed by atoms with Crippen LogP contribution in [-0.2, 0) is 14.3 Å². The van der Waals surface area contributed by atoms with Gasteiger partial charge in [-0.05, 0) is 23.8 Å². The van der Waals surface area contributed by atoms with E-state index in [1.165, 1.54) is 11.8 Å². The summed E-state index contributed by atoms with van der Waals surface area (Å²) < 4.78 is 5.18. The van der Waals surface area contributed by atoms with E-state index in [9.17, 15) is 9.59 Å². The van der Waals surface area contributed by atoms with Crippen molar-refractivity contribution < 1.29 is 14.3 Å². The fourth-order valence-corrected chi connectivity index (χ4v) is 3.42. The summed E-state index contributed by atoms with van der Waals surface area (Å²) in [6, 6.07) is 17.3. The Morgan fingerprint density at radius 1 is 1.12 bits per heavy atom. The molecule has 0 aromatic heterocycles. The second-order valence-electron chi connectivity index (χ2n) is 5.29. The van der Waals surface area contributed by atoms with Gasteiger partial charge < -0.3 is 10.1 Å². The normalized spacial score (nSPS) is 16.5. The molecule has 0 unspecified atom stereocenters. The molecular formula is C19H17NO3S. The molecule has 0 radical (unpaired) electrons. The molecule has 3 rings (SSSR count). The molecule has 0 saturated carbocycles. The van der Waals surface area contributed by atoms with Gasteiger partial charge in [-0.3, -0.25) is 9.59 Å². The maximum atomic E-state index is 12.1. The third kappa shape index (κ3) is 4.26. The molecule has 122 valence electrons. The average Bonchev–Trinajstić information content (AvgIpc) is 2.60. The first-order chi connectivity index (χ1) is 11.7. The second-order valence-corrected chi connectivity index (χ2v) is 6.54. The minimum atomic E-state index is -0.453. The van der Waals surface area contributed by atoms with E-state index >= 15 is 0 Å². The molecule has 0 aliphatic carbocycles. The molecule has 0 saturated heterocycles. The first-order valence-corrected chi connectivity index (χ1v) is 8.54. The van der Waals surface area contributed by atoms with Gasteiger partial charge >= 0.3 is 5.97 Å². The summed E-state index contributed by atoms with van der Waals surface area (Å²) in [5.74, 6) is -0.532. The van der Waals surface area contributed by atoms with Crippen LogP contribution in [0.5, 0.6) is 0 Å². The number of esters is 1. The summed E-state index contributed by atoms with van der Waals surface area (Å²) >= 11 is 1.40. The molecule has 1 heterocycles. The van der Waals surface area contributed by atoms with E-state index in [2.05, 4.69) is 5.32 Å². The smallest absolute Gasteiger partial charge is 0.307 e. The van der Waals surface area contributed by atoms with E-state index in [0.29, 0.717) is 0 Å². The Balaban J connectivity index is 1.49. The number of hydrogen-bond acceptors (Lipinski definition) is 4. The largest absolute Gasteiger partial charge is 0.461 e. The third-order valence-corrected chi connectivity index (χ3v) is 4.78. The molecule has 0 spiro atoms. The molecule has 1 amide bonds. The zero-order valence-corrected chi connectivity index (χ0v) is 13.8. The van der Waals surface area contributed by atoms with Gasteiger partial charge in [0.1, 0.15) is 6.61 Å². The molecule has 5 heteroatoms. The molecule has 4 nitrogen and oxygen atoms in total. The van der Waals surface area contributed by atoms with Gasteiger partial charge in [0.2, 0.25) is 5.91 Å². The van der Waals surface area contributed by atoms with Gasteiger partial charge in [0, 0.05) is 4.90 Å². The number of amides is 1. The van der Waals surface area contributed by atoms with Gasteiger partial charge in [-0.1, -0.05) is 48.5 Å². The number of rotatable bonds is 5. The van der Waals surface area contributed by atoms with Gasteiger partial charge in [0.25, 0.3) is 0 Å². The topological polar surface area (TPSA) is 55.4 Å². The van der Waals surface area contributed by atoms with Crippen molar-refractivity contribution in [1.29, 1.82) is 0 Å². The lowest BCUT2D eigenvalue weighted by atomic mass is 10.2. The zero-order chi connectivity index (χ0) is 16.8. The number of nitrogens with one attached hydrogen (secondary N) is 1. The number of para-hydroxylation sites is 1. The summed E-state index contributed by atoms with van der Waals surface area (Å²) in [7, 11) is 0. The maximum absolute atomic E-state index is 12.1. The van der Waals surface area contributed by atoms with Crippen LogP contribution in [0.1, 0.15) is 12.0 Å². The highest BCUT2D eigenvalue weighted by molar-refractivity contribution is 8.01. The number of anilines is 1. The summed E-state index contributed by atoms with van der Waals surface area (Å²) in [5, 5.41) is 2.37. The van der Waals surface area contributed by atoms with E-state index < -0.39 is 5.25 Å². The van der Waals surface area contributed by atoms with Gasteiger partial charge in [-0.25, -0.2) is 0 Å². The maximum Gasteiger partial charge on any atom is 0.307 e. The van der Waals surface area contributed by atoms with Gasteiger partial charge in [-0.2, -0.15) is 0 Å². The van der Waals surface area contributed by atoms with Crippen LogP contribution in [0, 0.1) is 0 Å². The summed E-state index contributed by atoms with van der Waals surface area (Å²) in [6.45, 7) is 0.198. The summed E-state index contributed by atoms with van der Waals surface area (Å²) in [6.07, 6.45) is 3.74. The van der Waals surface area contributed by atoms with E-state index in [-0.39, 0.29) is 24.9 Å². The molecule has 1 N–H and O–H groups in total. The van der Waals surface area contributed by atoms with Crippen molar-refractivity contribution in [1.82, 2.24) is 0 Å². The minimum Gasteiger partial charge on any atom is -0.461 e. The van der Waals surface area contributed by atoms with E-state index in [0.717, 1.165) is 16.1 Å². The van der Waals surface area contributed by atoms with Crippen molar-refractivity contribution in [3.05, 3.63) is 66.2 Å². The molecule has 1 aliphatic rings. The lowest BCUT2D eigenvalue weighted by Crippen LogP contribution is -2.31. The molecular weight excluding hydrogens is 322 g/mol. The number of fused-ring (bicyclic) bond motifs is 1. The van der Waals surface area contributed by atoms with Crippen LogP contribution in [0.25, 0.3) is 6.08 Å². The molecule has 0 bridgehead atoms. The van der Waals surface area contributed by atoms with E-state index in [1.807, 2.05) is 60.7 Å². The van der Waals surface area contributed by atoms with Gasteiger partial charge in [0.05, 0.1) is 17.4 Å². The van der Waals surface area contributed by atoms with Crippen LogP contribution in [0.4, 0.5) is 5.69 Å². The highest BCUT2D eigenvalue weighted by Crippen LogP contribution is 2.36. The Bertz CT molecular complexity index is 758. The zero-order valence-electron chi connectivity index (χ0n) is 13.0. The molecule has 1 atom stereocenters. The van der Waals surface area contributed by atoms with Crippen LogP contribution in [-0.4, -0.2) is 23.7 Å². The number of benzene rings is 2. The summed E-state index contributed by atoms with van der Waals surface area (Å²) in [5.41, 5.74) is 1.84. The number of ether oxygens (including phenoxy) is 1. The van der Waals surface area contributed by atoms with Crippen molar-refractivity contribution >= 4 is 35.4 Å². The number of carbonyl (C=O) groups is 2. The SMILES string of the molecule is O=C(C[C@H]1Sc2ccccc2NC1=O)OC/C=C/c1ccccc1. The van der Waals surface area contributed by atoms with Crippen molar-refractivity contribution in [2.24, 2.45) is 0 Å². The average molecular weight is 339 g/mol. The third-order valence-electron chi connectivity index (χ3n) is 3.51. The molecule has 0 fully saturated rings. The van der Waals surface area contributed by atoms with Crippen LogP contribution >= 0.6 is 11.8 Å². The van der Waals surface area contributed by atoms with Gasteiger partial charge in [-0.15, -0.1) is 11.8 Å². The quantitative estimate of drug-likeness (QED) is 0.843. The lowest BCUT2D eigenvalue weighted by Gasteiger charge is -2.23. The Labute approximate surface area is 144 Å². The Hall–Kier alpha value is -2.53. The first kappa shape index (κ1) is 16.3. The van der Waals surface area contributed by atoms with Crippen LogP contribution in [0.15, 0.2) is 65.6 Å². The van der Waals surface area contributed by atoms with Crippen LogP contribution < -0.4 is 5.32 Å². The highest BCUT2D eigenvalue weighted by Gasteiger charge is 2.29. The standard InChI is InChI=1S/C19H17NO3S/c21-18(23-12-6-9-14-7-2-1-3-8-14)13-17-19(22)20-15-10-4-5-11-16(15)24-17/h1-11,17H,12-13H2,(H,20,22)/b9-6+/t17-/m1/s1. The van der Waals surface area contributed by atoms with Crippen molar-refractivity contribution in [2.75, 3.05) is 11.9 Å².